The molecule has 0 saturated heterocycles. The standard InChI is InChI=1S/C23H21FN8O3/c1-25-23(33)15-12-26-19(30-18-7-8-20(34-2)32-31-18)9-17(15)29-16-6-4-5-14(21(16)35-3)22-27-10-13(24)11-28-22/h4-12H,1-3H3,(H,25,33)(H2,26,29,30,31)/i1D3. The second-order valence-electron chi connectivity index (χ2n) is 6.89. The van der Waals surface area contributed by atoms with E-state index < -0.39 is 18.7 Å². The number of halogens is 1. The van der Waals surface area contributed by atoms with Crippen LogP contribution in [0.25, 0.3) is 11.4 Å². The van der Waals surface area contributed by atoms with Crippen molar-refractivity contribution in [1.82, 2.24) is 30.5 Å². The van der Waals surface area contributed by atoms with Gasteiger partial charge in [-0.25, -0.2) is 19.3 Å². The maximum Gasteiger partial charge on any atom is 0.254 e. The highest BCUT2D eigenvalue weighted by atomic mass is 19.1. The van der Waals surface area contributed by atoms with E-state index in [9.17, 15) is 9.18 Å². The van der Waals surface area contributed by atoms with E-state index in [4.69, 9.17) is 13.6 Å². The molecule has 3 aromatic heterocycles. The number of carbonyl (C=O) groups excluding carboxylic acids is 1. The first kappa shape index (κ1) is 19.6. The number of aromatic nitrogens is 5. The van der Waals surface area contributed by atoms with E-state index in [1.54, 1.807) is 30.3 Å². The van der Waals surface area contributed by atoms with Gasteiger partial charge in [-0.15, -0.1) is 10.2 Å². The minimum atomic E-state index is -2.72. The molecule has 0 aliphatic rings. The molecule has 0 aliphatic heterocycles. The first-order valence-corrected chi connectivity index (χ1v) is 10.1. The monoisotopic (exact) mass is 479 g/mol. The molecule has 1 aromatic carbocycles. The van der Waals surface area contributed by atoms with E-state index in [1.165, 1.54) is 26.5 Å². The minimum absolute atomic E-state index is 0.0574. The van der Waals surface area contributed by atoms with Crippen LogP contribution in [-0.2, 0) is 0 Å². The Morgan fingerprint density at radius 2 is 1.77 bits per heavy atom. The second-order valence-corrected chi connectivity index (χ2v) is 6.89. The fourth-order valence-corrected chi connectivity index (χ4v) is 3.13. The lowest BCUT2D eigenvalue weighted by molar-refractivity contribution is 0.0963. The van der Waals surface area contributed by atoms with Crippen molar-refractivity contribution in [2.45, 2.75) is 0 Å². The highest BCUT2D eigenvalue weighted by molar-refractivity contribution is 6.00. The zero-order valence-corrected chi connectivity index (χ0v) is 18.5. The topological polar surface area (TPSA) is 136 Å². The van der Waals surface area contributed by atoms with E-state index in [0.717, 1.165) is 12.4 Å². The number of carbonyl (C=O) groups is 1. The van der Waals surface area contributed by atoms with Crippen molar-refractivity contribution in [3.05, 3.63) is 66.4 Å². The van der Waals surface area contributed by atoms with E-state index in [1.807, 2.05) is 5.32 Å². The molecule has 4 rings (SSSR count). The molecule has 0 fully saturated rings. The van der Waals surface area contributed by atoms with Gasteiger partial charge in [0.2, 0.25) is 5.88 Å². The Morgan fingerprint density at radius 1 is 0.943 bits per heavy atom. The Morgan fingerprint density at radius 3 is 2.46 bits per heavy atom. The largest absolute Gasteiger partial charge is 0.494 e. The van der Waals surface area contributed by atoms with Crippen LogP contribution in [0.3, 0.4) is 0 Å². The average molecular weight is 479 g/mol. The van der Waals surface area contributed by atoms with Crippen molar-refractivity contribution < 1.29 is 22.8 Å². The van der Waals surface area contributed by atoms with Crippen LogP contribution in [0.15, 0.2) is 55.0 Å². The lowest BCUT2D eigenvalue weighted by Gasteiger charge is -2.17. The summed E-state index contributed by atoms with van der Waals surface area (Å²) in [4.78, 5) is 25.0. The number of hydrogen-bond acceptors (Lipinski definition) is 10. The lowest BCUT2D eigenvalue weighted by Crippen LogP contribution is -2.19. The molecule has 3 N–H and O–H groups in total. The van der Waals surface area contributed by atoms with Crippen LogP contribution in [0.4, 0.5) is 27.4 Å². The van der Waals surface area contributed by atoms with Gasteiger partial charge >= 0.3 is 0 Å². The van der Waals surface area contributed by atoms with Crippen molar-refractivity contribution >= 4 is 28.9 Å². The molecular weight excluding hydrogens is 455 g/mol. The van der Waals surface area contributed by atoms with Crippen molar-refractivity contribution in [2.75, 3.05) is 31.8 Å². The fourth-order valence-electron chi connectivity index (χ4n) is 3.13. The van der Waals surface area contributed by atoms with Crippen molar-refractivity contribution in [3.8, 4) is 23.0 Å². The van der Waals surface area contributed by atoms with Crippen molar-refractivity contribution in [3.63, 3.8) is 0 Å². The number of pyridine rings is 1. The lowest BCUT2D eigenvalue weighted by atomic mass is 10.1. The molecule has 0 atom stereocenters. The van der Waals surface area contributed by atoms with Crippen molar-refractivity contribution in [2.24, 2.45) is 0 Å². The molecule has 178 valence electrons. The summed E-state index contributed by atoms with van der Waals surface area (Å²) in [5, 5.41) is 15.9. The predicted octanol–water partition coefficient (Wildman–Crippen LogP) is 3.33. The molecule has 0 radical (unpaired) electrons. The Hall–Kier alpha value is -4.87. The molecule has 0 aliphatic carbocycles. The van der Waals surface area contributed by atoms with Gasteiger partial charge < -0.3 is 25.4 Å². The summed E-state index contributed by atoms with van der Waals surface area (Å²) in [5.74, 6) is -0.0276. The van der Waals surface area contributed by atoms with Crippen LogP contribution in [-0.4, -0.2) is 52.3 Å². The molecule has 0 spiro atoms. The zero-order valence-electron chi connectivity index (χ0n) is 21.5. The van der Waals surface area contributed by atoms with E-state index in [2.05, 4.69) is 35.8 Å². The SMILES string of the molecule is [2H]C([2H])([2H])NC(=O)c1cnc(Nc2ccc(OC)nn2)cc1Nc1cccc(-c2ncc(F)cn2)c1OC. The van der Waals surface area contributed by atoms with Gasteiger partial charge in [0, 0.05) is 29.4 Å². The highest BCUT2D eigenvalue weighted by Crippen LogP contribution is 2.37. The zero-order chi connectivity index (χ0) is 27.3. The number of hydrogen-bond donors (Lipinski definition) is 3. The Labute approximate surface area is 204 Å². The third kappa shape index (κ3) is 5.21. The second kappa shape index (κ2) is 10.4. The normalized spacial score (nSPS) is 12.0. The number of nitrogens with zero attached hydrogens (tertiary/aromatic N) is 5. The van der Waals surface area contributed by atoms with Gasteiger partial charge in [-0.05, 0) is 18.2 Å². The molecule has 1 amide bonds. The molecule has 4 aromatic rings. The minimum Gasteiger partial charge on any atom is -0.494 e. The first-order valence-electron chi connectivity index (χ1n) is 11.6. The van der Waals surface area contributed by atoms with Gasteiger partial charge in [-0.3, -0.25) is 4.79 Å². The third-order valence-corrected chi connectivity index (χ3v) is 4.72. The van der Waals surface area contributed by atoms with E-state index in [-0.39, 0.29) is 22.9 Å². The number of para-hydroxylation sites is 1. The molecule has 35 heavy (non-hydrogen) atoms. The van der Waals surface area contributed by atoms with E-state index >= 15 is 0 Å². The van der Waals surface area contributed by atoms with Crippen LogP contribution in [0.1, 0.15) is 14.5 Å². The number of nitrogens with one attached hydrogen (secondary N) is 3. The van der Waals surface area contributed by atoms with Crippen LogP contribution in [0.5, 0.6) is 11.6 Å². The maximum atomic E-state index is 13.3. The average Bonchev–Trinajstić information content (AvgIpc) is 2.88. The number of benzene rings is 1. The smallest absolute Gasteiger partial charge is 0.254 e. The third-order valence-electron chi connectivity index (χ3n) is 4.72. The van der Waals surface area contributed by atoms with E-state index in [0.29, 0.717) is 28.7 Å². The van der Waals surface area contributed by atoms with Gasteiger partial charge in [-0.2, -0.15) is 0 Å². The molecule has 0 saturated carbocycles. The van der Waals surface area contributed by atoms with Crippen LogP contribution >= 0.6 is 0 Å². The van der Waals surface area contributed by atoms with Gasteiger partial charge in [0.1, 0.15) is 5.82 Å². The molecular formula is C23H21FN8O3. The maximum absolute atomic E-state index is 13.3. The number of ether oxygens (including phenoxy) is 2. The van der Waals surface area contributed by atoms with Crippen LogP contribution in [0, 0.1) is 5.82 Å². The van der Waals surface area contributed by atoms with Crippen LogP contribution < -0.4 is 25.4 Å². The number of rotatable bonds is 8. The summed E-state index contributed by atoms with van der Waals surface area (Å²) in [5.41, 5.74) is 0.980. The Balaban J connectivity index is 1.73. The van der Waals surface area contributed by atoms with Crippen molar-refractivity contribution in [1.29, 1.82) is 0 Å². The predicted molar refractivity (Wildman–Crippen MR) is 127 cm³/mol. The van der Waals surface area contributed by atoms with Crippen LogP contribution in [0.2, 0.25) is 0 Å². The molecule has 0 unspecified atom stereocenters. The Kier molecular flexibility index (Phi) is 5.81. The molecule has 11 nitrogen and oxygen atoms in total. The summed E-state index contributed by atoms with van der Waals surface area (Å²) < 4.78 is 46.1. The highest BCUT2D eigenvalue weighted by Gasteiger charge is 2.17. The molecule has 0 bridgehead atoms. The van der Waals surface area contributed by atoms with Gasteiger partial charge in [-0.1, -0.05) is 6.07 Å². The molecule has 12 heteroatoms. The van der Waals surface area contributed by atoms with Gasteiger partial charge in [0.05, 0.1) is 49.1 Å². The van der Waals surface area contributed by atoms with Gasteiger partial charge in [0.15, 0.2) is 23.2 Å². The summed E-state index contributed by atoms with van der Waals surface area (Å²) in [6, 6.07) is 9.73. The summed E-state index contributed by atoms with van der Waals surface area (Å²) in [7, 11) is 2.89. The number of anilines is 4. The first-order chi connectivity index (χ1) is 18.2. The van der Waals surface area contributed by atoms with Gasteiger partial charge in [0.25, 0.3) is 5.91 Å². The quantitative estimate of drug-likeness (QED) is 0.345. The molecule has 3 heterocycles. The summed E-state index contributed by atoms with van der Waals surface area (Å²) >= 11 is 0. The summed E-state index contributed by atoms with van der Waals surface area (Å²) in [6.07, 6.45) is 3.27. The Bertz CT molecular complexity index is 1440. The number of methoxy groups -OCH3 is 2. The number of amides is 1. The fraction of sp³-hybridized carbons (Fsp3) is 0.130. The summed E-state index contributed by atoms with van der Waals surface area (Å²) in [6.45, 7) is -2.72.